The first-order valence-corrected chi connectivity index (χ1v) is 5.32. The lowest BCUT2D eigenvalue weighted by Gasteiger charge is -2.29. The van der Waals surface area contributed by atoms with E-state index in [0.717, 1.165) is 32.7 Å². The number of rotatable bonds is 3. The van der Waals surface area contributed by atoms with E-state index >= 15 is 0 Å². The summed E-state index contributed by atoms with van der Waals surface area (Å²) in [4.78, 5) is 2.43. The molecule has 1 aliphatic rings. The van der Waals surface area contributed by atoms with Crippen LogP contribution in [0.2, 0.25) is 0 Å². The maximum absolute atomic E-state index is 5.86. The van der Waals surface area contributed by atoms with Crippen molar-refractivity contribution in [3.8, 4) is 0 Å². The van der Waals surface area contributed by atoms with E-state index in [4.69, 9.17) is 11.8 Å². The largest absolute Gasteiger partial charge is 0.297 e. The third-order valence-electron chi connectivity index (χ3n) is 2.20. The Kier molecular flexibility index (Phi) is 4.78. The van der Waals surface area contributed by atoms with Gasteiger partial charge in [0.1, 0.15) is 0 Å². The van der Waals surface area contributed by atoms with Crippen LogP contribution in [0.4, 0.5) is 0 Å². The van der Waals surface area contributed by atoms with Gasteiger partial charge in [-0.05, 0) is 17.7 Å². The van der Waals surface area contributed by atoms with Crippen LogP contribution in [0.25, 0.3) is 0 Å². The monoisotopic (exact) mass is 202 g/mol. The molecule has 13 heavy (non-hydrogen) atoms. The maximum Gasteiger partial charge on any atom is 0.0267 e. The minimum absolute atomic E-state index is 0.661. The summed E-state index contributed by atoms with van der Waals surface area (Å²) in [5.74, 6) is 0.661. The van der Waals surface area contributed by atoms with Crippen LogP contribution >= 0.6 is 11.8 Å². The minimum Gasteiger partial charge on any atom is -0.297 e. The van der Waals surface area contributed by atoms with Gasteiger partial charge in [0.05, 0.1) is 0 Å². The van der Waals surface area contributed by atoms with Crippen LogP contribution < -0.4 is 0 Å². The summed E-state index contributed by atoms with van der Waals surface area (Å²) in [6, 6.07) is 0. The van der Waals surface area contributed by atoms with E-state index in [1.54, 1.807) is 0 Å². The molecule has 76 valence electrons. The first kappa shape index (κ1) is 11.0. The van der Waals surface area contributed by atoms with E-state index in [1.807, 2.05) is 4.42 Å². The van der Waals surface area contributed by atoms with Crippen molar-refractivity contribution < 1.29 is 0 Å². The van der Waals surface area contributed by atoms with Gasteiger partial charge in [-0.15, -0.1) is 0 Å². The van der Waals surface area contributed by atoms with Gasteiger partial charge in [-0.2, -0.15) is 0 Å². The topological polar surface area (TPSA) is 6.48 Å². The Bertz CT molecular complexity index is 160. The van der Waals surface area contributed by atoms with E-state index in [2.05, 4.69) is 30.9 Å². The van der Waals surface area contributed by atoms with Gasteiger partial charge in [-0.25, -0.2) is 4.42 Å². The molecule has 0 bridgehead atoms. The Hall–Kier alpha value is -0.0500. The highest BCUT2D eigenvalue weighted by Gasteiger charge is 2.12. The second kappa shape index (κ2) is 5.63. The zero-order chi connectivity index (χ0) is 9.68. The first-order valence-electron chi connectivity index (χ1n) is 4.98. The Morgan fingerprint density at radius 1 is 1.23 bits per heavy atom. The molecular weight excluding hydrogens is 184 g/mol. The summed E-state index contributed by atoms with van der Waals surface area (Å²) in [5, 5.41) is 0. The molecule has 0 radical (unpaired) electrons. The molecule has 0 N–H and O–H groups in total. The average molecular weight is 203 g/mol. The Labute approximate surface area is 86.3 Å². The predicted molar refractivity (Wildman–Crippen MR) is 57.8 cm³/mol. The molecule has 3 heteroatoms. The number of hydrogen-bond acceptors (Lipinski definition) is 2. The number of allylic oxidation sites excluding steroid dienone is 1. The summed E-state index contributed by atoms with van der Waals surface area (Å²) in [5.41, 5.74) is 0. The molecule has 1 rings (SSSR count). The molecule has 0 aromatic rings. The smallest absolute Gasteiger partial charge is 0.0267 e. The minimum atomic E-state index is 0.661. The molecule has 0 unspecified atom stereocenters. The van der Waals surface area contributed by atoms with Gasteiger partial charge in [0.2, 0.25) is 0 Å². The zero-order valence-electron chi connectivity index (χ0n) is 8.54. The highest BCUT2D eigenvalue weighted by molar-refractivity contribution is 6.13. The Balaban J connectivity index is 2.15. The molecule has 1 saturated heterocycles. The summed E-state index contributed by atoms with van der Waals surface area (Å²) >= 11 is 5.86. The molecule has 1 heterocycles. The van der Waals surface area contributed by atoms with Gasteiger partial charge in [0.25, 0.3) is 0 Å². The average Bonchev–Trinajstić information content (AvgIpc) is 2.08. The van der Waals surface area contributed by atoms with Gasteiger partial charge in [0, 0.05) is 32.7 Å². The van der Waals surface area contributed by atoms with Gasteiger partial charge in [-0.3, -0.25) is 4.90 Å². The molecular formula is C10H19ClN2. The fourth-order valence-electron chi connectivity index (χ4n) is 1.39. The molecule has 1 fully saturated rings. The fourth-order valence-corrected chi connectivity index (χ4v) is 1.54. The molecule has 2 nitrogen and oxygen atoms in total. The second-order valence-electron chi connectivity index (χ2n) is 3.88. The third-order valence-corrected chi connectivity index (χ3v) is 2.54. The second-order valence-corrected chi connectivity index (χ2v) is 4.36. The molecule has 0 aliphatic carbocycles. The lowest BCUT2D eigenvalue weighted by molar-refractivity contribution is 0.208. The zero-order valence-corrected chi connectivity index (χ0v) is 9.30. The van der Waals surface area contributed by atoms with Crippen molar-refractivity contribution in [3.05, 3.63) is 12.2 Å². The van der Waals surface area contributed by atoms with Crippen molar-refractivity contribution in [1.82, 2.24) is 9.32 Å². The van der Waals surface area contributed by atoms with Crippen molar-refractivity contribution in [3.63, 3.8) is 0 Å². The Morgan fingerprint density at radius 3 is 2.38 bits per heavy atom. The van der Waals surface area contributed by atoms with Crippen molar-refractivity contribution in [2.75, 3.05) is 32.7 Å². The lowest BCUT2D eigenvalue weighted by atomic mass is 10.2. The van der Waals surface area contributed by atoms with Gasteiger partial charge in [0.15, 0.2) is 0 Å². The molecule has 0 spiro atoms. The molecule has 0 amide bonds. The van der Waals surface area contributed by atoms with Crippen LogP contribution in [-0.2, 0) is 0 Å². The third kappa shape index (κ3) is 4.65. The quantitative estimate of drug-likeness (QED) is 0.510. The molecule has 0 aromatic carbocycles. The predicted octanol–water partition coefficient (Wildman–Crippen LogP) is 1.97. The maximum atomic E-state index is 5.86. The van der Waals surface area contributed by atoms with E-state index < -0.39 is 0 Å². The molecule has 0 atom stereocenters. The van der Waals surface area contributed by atoms with Crippen molar-refractivity contribution in [2.45, 2.75) is 13.8 Å². The van der Waals surface area contributed by atoms with Gasteiger partial charge < -0.3 is 0 Å². The number of piperazine rings is 1. The number of hydrogen-bond donors (Lipinski definition) is 0. The summed E-state index contributed by atoms with van der Waals surface area (Å²) in [6.07, 6.45) is 4.52. The first-order chi connectivity index (χ1) is 6.18. The normalized spacial score (nSPS) is 21.8. The van der Waals surface area contributed by atoms with Crippen LogP contribution in [0.3, 0.4) is 0 Å². The van der Waals surface area contributed by atoms with E-state index in [0.29, 0.717) is 5.92 Å². The van der Waals surface area contributed by atoms with Crippen LogP contribution in [0.1, 0.15) is 13.8 Å². The highest BCUT2D eigenvalue weighted by Crippen LogP contribution is 2.04. The van der Waals surface area contributed by atoms with Crippen LogP contribution in [0.5, 0.6) is 0 Å². The fraction of sp³-hybridized carbons (Fsp3) is 0.800. The van der Waals surface area contributed by atoms with Crippen LogP contribution in [0.15, 0.2) is 12.2 Å². The summed E-state index contributed by atoms with van der Waals surface area (Å²) in [6.45, 7) is 9.62. The molecule has 1 aliphatic heterocycles. The number of nitrogens with zero attached hydrogens (tertiary/aromatic N) is 2. The van der Waals surface area contributed by atoms with Crippen LogP contribution in [0, 0.1) is 5.92 Å². The summed E-state index contributed by atoms with van der Waals surface area (Å²) < 4.78 is 1.86. The molecule has 0 saturated carbocycles. The van der Waals surface area contributed by atoms with Gasteiger partial charge >= 0.3 is 0 Å². The van der Waals surface area contributed by atoms with E-state index in [9.17, 15) is 0 Å². The number of halogens is 1. The molecule has 0 aromatic heterocycles. The SMILES string of the molecule is CC(C)/C=C/CN1CCN(Cl)CC1. The van der Waals surface area contributed by atoms with Gasteiger partial charge in [-0.1, -0.05) is 26.0 Å². The van der Waals surface area contributed by atoms with E-state index in [1.165, 1.54) is 0 Å². The highest BCUT2D eigenvalue weighted by atomic mass is 35.5. The summed E-state index contributed by atoms with van der Waals surface area (Å²) in [7, 11) is 0. The van der Waals surface area contributed by atoms with Crippen molar-refractivity contribution in [2.24, 2.45) is 5.92 Å². The lowest BCUT2D eigenvalue weighted by Crippen LogP contribution is -2.42. The van der Waals surface area contributed by atoms with Crippen molar-refractivity contribution >= 4 is 11.8 Å². The van der Waals surface area contributed by atoms with Crippen molar-refractivity contribution in [1.29, 1.82) is 0 Å². The standard InChI is InChI=1S/C10H19ClN2/c1-10(2)4-3-5-12-6-8-13(11)9-7-12/h3-4,10H,5-9H2,1-2H3/b4-3+. The Morgan fingerprint density at radius 2 is 1.85 bits per heavy atom. The van der Waals surface area contributed by atoms with E-state index in [-0.39, 0.29) is 0 Å². The van der Waals surface area contributed by atoms with Crippen LogP contribution in [-0.4, -0.2) is 42.0 Å².